The van der Waals surface area contributed by atoms with E-state index in [1.165, 1.54) is 0 Å². The molecule has 0 aromatic carbocycles. The molecule has 1 amide bonds. The van der Waals surface area contributed by atoms with Gasteiger partial charge in [0.05, 0.1) is 5.02 Å². The highest BCUT2D eigenvalue weighted by Crippen LogP contribution is 2.14. The number of anilines is 1. The lowest BCUT2D eigenvalue weighted by Gasteiger charge is -2.20. The van der Waals surface area contributed by atoms with Gasteiger partial charge in [0, 0.05) is 32.3 Å². The van der Waals surface area contributed by atoms with E-state index in [9.17, 15) is 4.79 Å². The zero-order chi connectivity index (χ0) is 10.7. The van der Waals surface area contributed by atoms with Gasteiger partial charge < -0.3 is 10.2 Å². The Morgan fingerprint density at radius 3 is 3.00 bits per heavy atom. The van der Waals surface area contributed by atoms with E-state index in [2.05, 4.69) is 15.2 Å². The second-order valence-electron chi connectivity index (χ2n) is 3.42. The molecule has 2 heterocycles. The van der Waals surface area contributed by atoms with Crippen molar-refractivity contribution in [2.24, 2.45) is 0 Å². The van der Waals surface area contributed by atoms with Gasteiger partial charge in [0.25, 0.3) is 0 Å². The molecule has 1 aliphatic heterocycles. The van der Waals surface area contributed by atoms with Crippen LogP contribution in [0.5, 0.6) is 0 Å². The van der Waals surface area contributed by atoms with Gasteiger partial charge in [-0.3, -0.25) is 4.79 Å². The van der Waals surface area contributed by atoms with Crippen molar-refractivity contribution in [2.75, 3.05) is 24.5 Å². The molecule has 1 N–H and O–H groups in total. The average Bonchev–Trinajstić information content (AvgIpc) is 2.44. The summed E-state index contributed by atoms with van der Waals surface area (Å²) in [4.78, 5) is 17.4. The summed E-state index contributed by atoms with van der Waals surface area (Å²) in [5.41, 5.74) is 0. The molecule has 0 bridgehead atoms. The molecule has 1 aromatic rings. The lowest BCUT2D eigenvalue weighted by atomic mass is 10.3. The van der Waals surface area contributed by atoms with Gasteiger partial charge >= 0.3 is 0 Å². The normalized spacial score (nSPS) is 17.1. The molecule has 5 heteroatoms. The SMILES string of the molecule is O=C1CCN(c2ccc(Cl)cn2)CCN1. The van der Waals surface area contributed by atoms with Crippen LogP contribution in [0.4, 0.5) is 5.82 Å². The van der Waals surface area contributed by atoms with Crippen molar-refractivity contribution in [3.63, 3.8) is 0 Å². The van der Waals surface area contributed by atoms with Gasteiger partial charge in [-0.2, -0.15) is 0 Å². The number of pyridine rings is 1. The Labute approximate surface area is 93.2 Å². The maximum absolute atomic E-state index is 11.1. The summed E-state index contributed by atoms with van der Waals surface area (Å²) >= 11 is 5.76. The minimum absolute atomic E-state index is 0.103. The van der Waals surface area contributed by atoms with E-state index in [-0.39, 0.29) is 5.91 Å². The maximum atomic E-state index is 11.1. The van der Waals surface area contributed by atoms with Gasteiger partial charge in [-0.25, -0.2) is 4.98 Å². The Morgan fingerprint density at radius 2 is 2.27 bits per heavy atom. The van der Waals surface area contributed by atoms with E-state index in [0.29, 0.717) is 24.5 Å². The second kappa shape index (κ2) is 4.49. The number of carbonyl (C=O) groups is 1. The monoisotopic (exact) mass is 225 g/mol. The molecule has 0 aliphatic carbocycles. The van der Waals surface area contributed by atoms with Gasteiger partial charge in [-0.15, -0.1) is 0 Å². The third-order valence-corrected chi connectivity index (χ3v) is 2.57. The molecular formula is C10H12ClN3O. The Bertz CT molecular complexity index is 352. The fourth-order valence-electron chi connectivity index (χ4n) is 1.55. The number of hydrogen-bond donors (Lipinski definition) is 1. The van der Waals surface area contributed by atoms with E-state index in [1.807, 2.05) is 12.1 Å². The van der Waals surface area contributed by atoms with Crippen molar-refractivity contribution in [3.05, 3.63) is 23.4 Å². The molecule has 0 atom stereocenters. The summed E-state index contributed by atoms with van der Waals surface area (Å²) in [6.07, 6.45) is 2.14. The number of rotatable bonds is 1. The first-order valence-corrected chi connectivity index (χ1v) is 5.27. The zero-order valence-electron chi connectivity index (χ0n) is 8.24. The Kier molecular flexibility index (Phi) is 3.06. The fourth-order valence-corrected chi connectivity index (χ4v) is 1.66. The predicted octanol–water partition coefficient (Wildman–Crippen LogP) is 1.06. The molecule has 15 heavy (non-hydrogen) atoms. The van der Waals surface area contributed by atoms with Crippen molar-refractivity contribution in [1.29, 1.82) is 0 Å². The number of aromatic nitrogens is 1. The fraction of sp³-hybridized carbons (Fsp3) is 0.400. The number of halogens is 1. The summed E-state index contributed by atoms with van der Waals surface area (Å²) in [5, 5.41) is 3.45. The first-order valence-electron chi connectivity index (χ1n) is 4.89. The predicted molar refractivity (Wildman–Crippen MR) is 59.1 cm³/mol. The molecule has 0 spiro atoms. The van der Waals surface area contributed by atoms with Gasteiger partial charge in [0.2, 0.25) is 5.91 Å². The number of nitrogens with zero attached hydrogens (tertiary/aromatic N) is 2. The number of carbonyl (C=O) groups excluding carboxylic acids is 1. The number of amides is 1. The van der Waals surface area contributed by atoms with E-state index in [1.54, 1.807) is 6.20 Å². The molecule has 4 nitrogen and oxygen atoms in total. The quantitative estimate of drug-likeness (QED) is 0.778. The first kappa shape index (κ1) is 10.2. The Morgan fingerprint density at radius 1 is 1.40 bits per heavy atom. The molecule has 1 fully saturated rings. The van der Waals surface area contributed by atoms with Crippen LogP contribution in [0.25, 0.3) is 0 Å². The third-order valence-electron chi connectivity index (χ3n) is 2.35. The lowest BCUT2D eigenvalue weighted by molar-refractivity contribution is -0.120. The first-order chi connectivity index (χ1) is 7.25. The van der Waals surface area contributed by atoms with Crippen molar-refractivity contribution >= 4 is 23.3 Å². The van der Waals surface area contributed by atoms with Crippen molar-refractivity contribution in [1.82, 2.24) is 10.3 Å². The van der Waals surface area contributed by atoms with Gasteiger partial charge in [-0.1, -0.05) is 11.6 Å². The zero-order valence-corrected chi connectivity index (χ0v) is 9.00. The minimum Gasteiger partial charge on any atom is -0.354 e. The summed E-state index contributed by atoms with van der Waals surface area (Å²) in [6, 6.07) is 3.68. The largest absolute Gasteiger partial charge is 0.354 e. The molecule has 2 rings (SSSR count). The molecule has 1 aromatic heterocycles. The second-order valence-corrected chi connectivity index (χ2v) is 3.86. The van der Waals surface area contributed by atoms with Crippen LogP contribution in [0.3, 0.4) is 0 Å². The molecular weight excluding hydrogens is 214 g/mol. The van der Waals surface area contributed by atoms with E-state index in [0.717, 1.165) is 12.4 Å². The number of nitrogens with one attached hydrogen (secondary N) is 1. The summed E-state index contributed by atoms with van der Waals surface area (Å²) < 4.78 is 0. The molecule has 0 radical (unpaired) electrons. The lowest BCUT2D eigenvalue weighted by Crippen LogP contribution is -2.28. The molecule has 1 saturated heterocycles. The van der Waals surface area contributed by atoms with Crippen LogP contribution < -0.4 is 10.2 Å². The van der Waals surface area contributed by atoms with Crippen molar-refractivity contribution in [3.8, 4) is 0 Å². The van der Waals surface area contributed by atoms with Crippen molar-refractivity contribution < 1.29 is 4.79 Å². The van der Waals surface area contributed by atoms with Crippen LogP contribution in [0, 0.1) is 0 Å². The van der Waals surface area contributed by atoms with Crippen LogP contribution in [0.15, 0.2) is 18.3 Å². The molecule has 80 valence electrons. The van der Waals surface area contributed by atoms with E-state index in [4.69, 9.17) is 11.6 Å². The summed E-state index contributed by atoms with van der Waals surface area (Å²) in [7, 11) is 0. The van der Waals surface area contributed by atoms with Gasteiger partial charge in [-0.05, 0) is 12.1 Å². The average molecular weight is 226 g/mol. The Balaban J connectivity index is 2.09. The van der Waals surface area contributed by atoms with Gasteiger partial charge in [0.1, 0.15) is 5.82 Å². The Hall–Kier alpha value is -1.29. The van der Waals surface area contributed by atoms with Crippen LogP contribution in [-0.4, -0.2) is 30.5 Å². The topological polar surface area (TPSA) is 45.2 Å². The van der Waals surface area contributed by atoms with E-state index < -0.39 is 0 Å². The van der Waals surface area contributed by atoms with Crippen LogP contribution >= 0.6 is 11.6 Å². The van der Waals surface area contributed by atoms with Crippen LogP contribution in [-0.2, 0) is 4.79 Å². The summed E-state index contributed by atoms with van der Waals surface area (Å²) in [6.45, 7) is 2.17. The summed E-state index contributed by atoms with van der Waals surface area (Å²) in [5.74, 6) is 0.974. The van der Waals surface area contributed by atoms with Crippen molar-refractivity contribution in [2.45, 2.75) is 6.42 Å². The number of hydrogen-bond acceptors (Lipinski definition) is 3. The highest BCUT2D eigenvalue weighted by Gasteiger charge is 2.14. The molecule has 0 unspecified atom stereocenters. The molecule has 1 aliphatic rings. The highest BCUT2D eigenvalue weighted by atomic mass is 35.5. The highest BCUT2D eigenvalue weighted by molar-refractivity contribution is 6.30. The standard InChI is InChI=1S/C10H12ClN3O/c11-8-1-2-9(13-7-8)14-5-3-10(15)12-4-6-14/h1-2,7H,3-6H2,(H,12,15). The smallest absolute Gasteiger partial charge is 0.221 e. The van der Waals surface area contributed by atoms with Crippen LogP contribution in [0.2, 0.25) is 5.02 Å². The van der Waals surface area contributed by atoms with E-state index >= 15 is 0 Å². The third kappa shape index (κ3) is 2.59. The molecule has 0 saturated carbocycles. The maximum Gasteiger partial charge on any atom is 0.221 e. The van der Waals surface area contributed by atoms with Crippen LogP contribution in [0.1, 0.15) is 6.42 Å². The van der Waals surface area contributed by atoms with Gasteiger partial charge in [0.15, 0.2) is 0 Å². The minimum atomic E-state index is 0.103.